The smallest absolute Gasteiger partial charge is 0.336 e. The Kier molecular flexibility index (Phi) is 4.37. The zero-order valence-electron chi connectivity index (χ0n) is 12.5. The van der Waals surface area contributed by atoms with Crippen molar-refractivity contribution in [2.24, 2.45) is 0 Å². The molecule has 3 rings (SSSR count). The molecule has 23 heavy (non-hydrogen) atoms. The SMILES string of the molecule is C[C@H](NCc1cc(=O)oc2cc(O)ccc12)c1ccccc1Cl. The van der Waals surface area contributed by atoms with E-state index in [0.717, 1.165) is 16.5 Å². The van der Waals surface area contributed by atoms with Gasteiger partial charge >= 0.3 is 5.63 Å². The van der Waals surface area contributed by atoms with Crippen LogP contribution in [0.25, 0.3) is 11.0 Å². The highest BCUT2D eigenvalue weighted by molar-refractivity contribution is 6.31. The van der Waals surface area contributed by atoms with Crippen LogP contribution >= 0.6 is 11.6 Å². The zero-order valence-corrected chi connectivity index (χ0v) is 13.3. The first-order valence-electron chi connectivity index (χ1n) is 7.28. The molecule has 118 valence electrons. The summed E-state index contributed by atoms with van der Waals surface area (Å²) < 4.78 is 5.13. The molecule has 0 aliphatic rings. The number of phenolic OH excluding ortho intramolecular Hbond substituents is 1. The molecule has 0 aliphatic carbocycles. The summed E-state index contributed by atoms with van der Waals surface area (Å²) in [7, 11) is 0. The summed E-state index contributed by atoms with van der Waals surface area (Å²) >= 11 is 6.21. The van der Waals surface area contributed by atoms with Crippen LogP contribution in [0.15, 0.2) is 57.7 Å². The van der Waals surface area contributed by atoms with Crippen molar-refractivity contribution in [2.75, 3.05) is 0 Å². The molecule has 0 saturated heterocycles. The quantitative estimate of drug-likeness (QED) is 0.710. The van der Waals surface area contributed by atoms with E-state index in [9.17, 15) is 9.90 Å². The Morgan fingerprint density at radius 2 is 2.00 bits per heavy atom. The molecule has 0 fully saturated rings. The molecule has 4 nitrogen and oxygen atoms in total. The van der Waals surface area contributed by atoms with Gasteiger partial charge in [0, 0.05) is 35.1 Å². The van der Waals surface area contributed by atoms with Crippen LogP contribution < -0.4 is 10.9 Å². The van der Waals surface area contributed by atoms with Crippen LogP contribution in [0.5, 0.6) is 5.75 Å². The van der Waals surface area contributed by atoms with Crippen LogP contribution in [0.1, 0.15) is 24.1 Å². The Hall–Kier alpha value is -2.30. The third kappa shape index (κ3) is 3.38. The van der Waals surface area contributed by atoms with Gasteiger partial charge in [-0.3, -0.25) is 0 Å². The molecule has 0 amide bonds. The molecule has 0 bridgehead atoms. The van der Waals surface area contributed by atoms with Gasteiger partial charge in [-0.15, -0.1) is 0 Å². The number of fused-ring (bicyclic) bond motifs is 1. The first-order valence-corrected chi connectivity index (χ1v) is 7.66. The average molecular weight is 330 g/mol. The molecule has 0 aliphatic heterocycles. The minimum atomic E-state index is -0.440. The van der Waals surface area contributed by atoms with Gasteiger partial charge in [0.1, 0.15) is 11.3 Å². The number of nitrogens with one attached hydrogen (secondary N) is 1. The van der Waals surface area contributed by atoms with E-state index in [1.54, 1.807) is 12.1 Å². The average Bonchev–Trinajstić information content (AvgIpc) is 2.52. The Morgan fingerprint density at radius 1 is 1.22 bits per heavy atom. The summed E-state index contributed by atoms with van der Waals surface area (Å²) in [5.74, 6) is 0.0650. The highest BCUT2D eigenvalue weighted by Crippen LogP contribution is 2.24. The third-order valence-electron chi connectivity index (χ3n) is 3.78. The van der Waals surface area contributed by atoms with Crippen molar-refractivity contribution in [3.05, 3.63) is 75.1 Å². The predicted molar refractivity (Wildman–Crippen MR) is 90.9 cm³/mol. The standard InChI is InChI=1S/C18H16ClNO3/c1-11(14-4-2-3-5-16(14)19)20-10-12-8-18(22)23-17-9-13(21)6-7-15(12)17/h2-9,11,20-21H,10H2,1H3/t11-/m0/s1. The first kappa shape index (κ1) is 15.6. The maximum Gasteiger partial charge on any atom is 0.336 e. The molecule has 1 aromatic heterocycles. The number of rotatable bonds is 4. The van der Waals surface area contributed by atoms with E-state index in [-0.39, 0.29) is 11.8 Å². The largest absolute Gasteiger partial charge is 0.508 e. The summed E-state index contributed by atoms with van der Waals surface area (Å²) in [6.07, 6.45) is 0. The summed E-state index contributed by atoms with van der Waals surface area (Å²) in [5.41, 5.74) is 1.75. The third-order valence-corrected chi connectivity index (χ3v) is 4.13. The van der Waals surface area contributed by atoms with Crippen molar-refractivity contribution in [2.45, 2.75) is 19.5 Å². The summed E-state index contributed by atoms with van der Waals surface area (Å²) in [5, 5.41) is 14.4. The Morgan fingerprint density at radius 3 is 2.78 bits per heavy atom. The second kappa shape index (κ2) is 6.44. The van der Waals surface area contributed by atoms with Crippen LogP contribution in [0, 0.1) is 0 Å². The first-order chi connectivity index (χ1) is 11.0. The van der Waals surface area contributed by atoms with Gasteiger partial charge in [-0.1, -0.05) is 29.8 Å². The zero-order chi connectivity index (χ0) is 16.4. The highest BCUT2D eigenvalue weighted by atomic mass is 35.5. The van der Waals surface area contributed by atoms with Gasteiger partial charge in [-0.25, -0.2) is 4.79 Å². The van der Waals surface area contributed by atoms with Crippen molar-refractivity contribution in [1.29, 1.82) is 0 Å². The monoisotopic (exact) mass is 329 g/mol. The van der Waals surface area contributed by atoms with E-state index in [1.807, 2.05) is 31.2 Å². The van der Waals surface area contributed by atoms with Crippen molar-refractivity contribution in [1.82, 2.24) is 5.32 Å². The molecule has 5 heteroatoms. The number of hydrogen-bond acceptors (Lipinski definition) is 4. The fourth-order valence-electron chi connectivity index (χ4n) is 2.56. The molecule has 0 saturated carbocycles. The lowest BCUT2D eigenvalue weighted by atomic mass is 10.1. The second-order valence-corrected chi connectivity index (χ2v) is 5.80. The lowest BCUT2D eigenvalue weighted by Gasteiger charge is -2.16. The van der Waals surface area contributed by atoms with Crippen LogP contribution in [0.2, 0.25) is 5.02 Å². The molecule has 3 aromatic rings. The van der Waals surface area contributed by atoms with Crippen molar-refractivity contribution >= 4 is 22.6 Å². The van der Waals surface area contributed by atoms with Crippen molar-refractivity contribution < 1.29 is 9.52 Å². The molecule has 2 aromatic carbocycles. The lowest BCUT2D eigenvalue weighted by Crippen LogP contribution is -2.19. The maximum atomic E-state index is 11.7. The van der Waals surface area contributed by atoms with Gasteiger partial charge in [0.25, 0.3) is 0 Å². The Balaban J connectivity index is 1.87. The molecular weight excluding hydrogens is 314 g/mol. The van der Waals surface area contributed by atoms with Gasteiger partial charge in [0.2, 0.25) is 0 Å². The van der Waals surface area contributed by atoms with Gasteiger partial charge < -0.3 is 14.8 Å². The van der Waals surface area contributed by atoms with Gasteiger partial charge in [0.05, 0.1) is 0 Å². The van der Waals surface area contributed by atoms with Crippen LogP contribution in [-0.2, 0) is 6.54 Å². The molecule has 2 N–H and O–H groups in total. The molecule has 1 atom stereocenters. The van der Waals surface area contributed by atoms with Crippen LogP contribution in [-0.4, -0.2) is 5.11 Å². The fourth-order valence-corrected chi connectivity index (χ4v) is 2.86. The second-order valence-electron chi connectivity index (χ2n) is 5.40. The fraction of sp³-hybridized carbons (Fsp3) is 0.167. The van der Waals surface area contributed by atoms with E-state index in [4.69, 9.17) is 16.0 Å². The summed E-state index contributed by atoms with van der Waals surface area (Å²) in [6.45, 7) is 2.50. The number of aromatic hydroxyl groups is 1. The number of phenols is 1. The van der Waals surface area contributed by atoms with E-state index in [0.29, 0.717) is 17.2 Å². The molecular formula is C18H16ClNO3. The minimum Gasteiger partial charge on any atom is -0.508 e. The minimum absolute atomic E-state index is 0.0307. The van der Waals surface area contributed by atoms with Crippen molar-refractivity contribution in [3.63, 3.8) is 0 Å². The Bertz CT molecular complexity index is 904. The summed E-state index contributed by atoms with van der Waals surface area (Å²) in [6, 6.07) is 13.9. The van der Waals surface area contributed by atoms with Gasteiger partial charge in [-0.05, 0) is 36.2 Å². The van der Waals surface area contributed by atoms with E-state index in [2.05, 4.69) is 5.32 Å². The topological polar surface area (TPSA) is 62.5 Å². The van der Waals surface area contributed by atoms with E-state index < -0.39 is 5.63 Å². The molecule has 0 radical (unpaired) electrons. The maximum absolute atomic E-state index is 11.7. The van der Waals surface area contributed by atoms with Crippen molar-refractivity contribution in [3.8, 4) is 5.75 Å². The lowest BCUT2D eigenvalue weighted by molar-refractivity contribution is 0.473. The highest BCUT2D eigenvalue weighted by Gasteiger charge is 2.11. The van der Waals surface area contributed by atoms with E-state index in [1.165, 1.54) is 12.1 Å². The normalized spacial score (nSPS) is 12.4. The van der Waals surface area contributed by atoms with Crippen LogP contribution in [0.4, 0.5) is 0 Å². The van der Waals surface area contributed by atoms with Crippen LogP contribution in [0.3, 0.4) is 0 Å². The van der Waals surface area contributed by atoms with Gasteiger partial charge in [0.15, 0.2) is 0 Å². The number of benzene rings is 2. The molecule has 0 spiro atoms. The Labute approximate surface area is 138 Å². The molecule has 0 unspecified atom stereocenters. The number of halogens is 1. The van der Waals surface area contributed by atoms with Gasteiger partial charge in [-0.2, -0.15) is 0 Å². The van der Waals surface area contributed by atoms with E-state index >= 15 is 0 Å². The predicted octanol–water partition coefficient (Wildman–Crippen LogP) is 4.00. The molecule has 1 heterocycles. The number of hydrogen-bond donors (Lipinski definition) is 2. The summed E-state index contributed by atoms with van der Waals surface area (Å²) in [4.78, 5) is 11.7.